The first kappa shape index (κ1) is 20.1. The maximum absolute atomic E-state index is 12.0. The molecule has 0 bridgehead atoms. The third kappa shape index (κ3) is 7.30. The number of rotatable bonds is 7. The number of hydrogen-bond acceptors (Lipinski definition) is 6. The molecule has 1 saturated heterocycles. The molecule has 1 aliphatic heterocycles. The largest absolute Gasteiger partial charge is 0.444 e. The number of piperidine rings is 1. The summed E-state index contributed by atoms with van der Waals surface area (Å²) in [5.74, 6) is 0. The third-order valence-corrected chi connectivity index (χ3v) is 5.00. The number of nitrogens with zero attached hydrogens (tertiary/aromatic N) is 2. The Balaban J connectivity index is 1.54. The summed E-state index contributed by atoms with van der Waals surface area (Å²) in [6.07, 6.45) is 4.60. The van der Waals surface area contributed by atoms with Crippen molar-refractivity contribution >= 4 is 17.4 Å². The van der Waals surface area contributed by atoms with E-state index in [4.69, 9.17) is 9.47 Å². The van der Waals surface area contributed by atoms with Crippen molar-refractivity contribution in [3.05, 3.63) is 16.6 Å². The molecule has 0 radical (unpaired) electrons. The van der Waals surface area contributed by atoms with E-state index >= 15 is 0 Å². The molecule has 1 unspecified atom stereocenters. The van der Waals surface area contributed by atoms with Crippen LogP contribution in [-0.2, 0) is 9.47 Å². The Morgan fingerprint density at radius 3 is 2.76 bits per heavy atom. The average molecular weight is 370 g/mol. The van der Waals surface area contributed by atoms with Gasteiger partial charge in [0.25, 0.3) is 0 Å². The second-order valence-electron chi connectivity index (χ2n) is 7.44. The van der Waals surface area contributed by atoms with Crippen LogP contribution >= 0.6 is 11.3 Å². The van der Waals surface area contributed by atoms with Gasteiger partial charge in [0.05, 0.1) is 12.1 Å². The van der Waals surface area contributed by atoms with Crippen LogP contribution in [0.1, 0.15) is 58.0 Å². The van der Waals surface area contributed by atoms with Crippen LogP contribution in [0.15, 0.2) is 11.6 Å². The van der Waals surface area contributed by atoms with E-state index in [0.29, 0.717) is 13.1 Å². The monoisotopic (exact) mass is 369 g/mol. The Hall–Kier alpha value is -1.18. The summed E-state index contributed by atoms with van der Waals surface area (Å²) in [6.45, 7) is 10.9. The Morgan fingerprint density at radius 2 is 2.16 bits per heavy atom. The molecule has 25 heavy (non-hydrogen) atoms. The topological polar surface area (TPSA) is 63.7 Å². The molecular formula is C18H31N3O3S. The first-order valence-corrected chi connectivity index (χ1v) is 9.95. The molecule has 7 heteroatoms. The fraction of sp³-hybridized carbons (Fsp3) is 0.778. The Kier molecular flexibility index (Phi) is 7.65. The highest BCUT2D eigenvalue weighted by molar-refractivity contribution is 7.09. The van der Waals surface area contributed by atoms with E-state index in [0.717, 1.165) is 37.4 Å². The van der Waals surface area contributed by atoms with Crippen molar-refractivity contribution < 1.29 is 14.3 Å². The number of amides is 1. The Bertz CT molecular complexity index is 508. The van der Waals surface area contributed by atoms with Crippen LogP contribution in [0.25, 0.3) is 0 Å². The lowest BCUT2D eigenvalue weighted by atomic mass is 10.1. The second kappa shape index (κ2) is 9.50. The van der Waals surface area contributed by atoms with Crippen molar-refractivity contribution in [1.82, 2.24) is 15.2 Å². The third-order valence-electron chi connectivity index (χ3n) is 4.04. The highest BCUT2D eigenvalue weighted by Gasteiger charge is 2.27. The van der Waals surface area contributed by atoms with Gasteiger partial charge in [0.2, 0.25) is 0 Å². The molecule has 0 aromatic carbocycles. The van der Waals surface area contributed by atoms with E-state index in [1.54, 1.807) is 16.2 Å². The fourth-order valence-electron chi connectivity index (χ4n) is 2.71. The molecule has 0 spiro atoms. The van der Waals surface area contributed by atoms with Crippen LogP contribution < -0.4 is 5.32 Å². The van der Waals surface area contributed by atoms with E-state index in [-0.39, 0.29) is 18.2 Å². The molecule has 2 heterocycles. The number of likely N-dealkylation sites (tertiary alicyclic amines) is 1. The molecule has 0 aliphatic carbocycles. The predicted molar refractivity (Wildman–Crippen MR) is 99.9 cm³/mol. The van der Waals surface area contributed by atoms with Gasteiger partial charge in [-0.3, -0.25) is 0 Å². The van der Waals surface area contributed by atoms with Crippen LogP contribution in [0.3, 0.4) is 0 Å². The first-order valence-electron chi connectivity index (χ1n) is 9.07. The summed E-state index contributed by atoms with van der Waals surface area (Å²) in [5.41, 5.74) is -0.437. The molecule has 0 saturated carbocycles. The zero-order valence-electron chi connectivity index (χ0n) is 15.8. The highest BCUT2D eigenvalue weighted by Crippen LogP contribution is 2.18. The predicted octanol–water partition coefficient (Wildman–Crippen LogP) is 3.60. The fourth-order valence-corrected chi connectivity index (χ4v) is 3.38. The van der Waals surface area contributed by atoms with Crippen molar-refractivity contribution in [2.24, 2.45) is 0 Å². The Morgan fingerprint density at radius 1 is 1.44 bits per heavy atom. The Labute approximate surface area is 154 Å². The molecule has 1 aliphatic rings. The van der Waals surface area contributed by atoms with Crippen molar-refractivity contribution in [1.29, 1.82) is 0 Å². The second-order valence-corrected chi connectivity index (χ2v) is 8.36. The van der Waals surface area contributed by atoms with Gasteiger partial charge in [0, 0.05) is 31.3 Å². The summed E-state index contributed by atoms with van der Waals surface area (Å²) in [5, 5.41) is 6.59. The van der Waals surface area contributed by atoms with Crippen LogP contribution in [-0.4, -0.2) is 53.9 Å². The molecule has 1 aromatic heterocycles. The minimum absolute atomic E-state index is 0.216. The van der Waals surface area contributed by atoms with E-state index in [1.165, 1.54) is 0 Å². The summed E-state index contributed by atoms with van der Waals surface area (Å²) < 4.78 is 11.4. The average Bonchev–Trinajstić information content (AvgIpc) is 3.08. The molecule has 1 fully saturated rings. The summed E-state index contributed by atoms with van der Waals surface area (Å²) in [6, 6.07) is 0.289. The zero-order chi connectivity index (χ0) is 18.3. The van der Waals surface area contributed by atoms with Crippen LogP contribution in [0.4, 0.5) is 4.79 Å². The minimum Gasteiger partial charge on any atom is -0.444 e. The SMILES string of the molecule is CC(NCCCOC1CCN(C(=O)OC(C)(C)C)CC1)c1nccs1. The number of nitrogens with one attached hydrogen (secondary N) is 1. The number of aromatic nitrogens is 1. The molecule has 1 amide bonds. The number of thiazole rings is 1. The molecule has 6 nitrogen and oxygen atoms in total. The van der Waals surface area contributed by atoms with E-state index < -0.39 is 5.60 Å². The maximum atomic E-state index is 12.0. The van der Waals surface area contributed by atoms with Crippen LogP contribution in [0.2, 0.25) is 0 Å². The van der Waals surface area contributed by atoms with E-state index in [1.807, 2.05) is 32.3 Å². The van der Waals surface area contributed by atoms with Crippen molar-refractivity contribution in [2.45, 2.75) is 64.7 Å². The molecule has 142 valence electrons. The smallest absolute Gasteiger partial charge is 0.410 e. The van der Waals surface area contributed by atoms with Gasteiger partial charge in [0.15, 0.2) is 0 Å². The van der Waals surface area contributed by atoms with Gasteiger partial charge in [0.1, 0.15) is 10.6 Å². The lowest BCUT2D eigenvalue weighted by Gasteiger charge is -2.33. The van der Waals surface area contributed by atoms with E-state index in [2.05, 4.69) is 17.2 Å². The number of ether oxygens (including phenoxy) is 2. The quantitative estimate of drug-likeness (QED) is 0.744. The standard InChI is InChI=1S/C18H31N3O3S/c1-14(16-20-9-13-25-16)19-8-5-12-23-15-6-10-21(11-7-15)17(22)24-18(2,3)4/h9,13-15,19H,5-8,10-12H2,1-4H3. The number of carbonyl (C=O) groups excluding carboxylic acids is 1. The van der Waals surface area contributed by atoms with Gasteiger partial charge in [-0.2, -0.15) is 0 Å². The molecular weight excluding hydrogens is 338 g/mol. The van der Waals surface area contributed by atoms with E-state index in [9.17, 15) is 4.79 Å². The van der Waals surface area contributed by atoms with Crippen LogP contribution in [0, 0.1) is 0 Å². The molecule has 1 aromatic rings. The number of carbonyl (C=O) groups is 1. The highest BCUT2D eigenvalue weighted by atomic mass is 32.1. The van der Waals surface area contributed by atoms with Gasteiger partial charge in [-0.05, 0) is 53.5 Å². The van der Waals surface area contributed by atoms with Crippen molar-refractivity contribution in [2.75, 3.05) is 26.2 Å². The minimum atomic E-state index is -0.437. The van der Waals surface area contributed by atoms with Gasteiger partial charge in [-0.15, -0.1) is 11.3 Å². The van der Waals surface area contributed by atoms with Gasteiger partial charge in [-0.25, -0.2) is 9.78 Å². The van der Waals surface area contributed by atoms with Gasteiger partial charge in [-0.1, -0.05) is 0 Å². The van der Waals surface area contributed by atoms with Crippen molar-refractivity contribution in [3.8, 4) is 0 Å². The molecule has 1 atom stereocenters. The van der Waals surface area contributed by atoms with Gasteiger partial charge >= 0.3 is 6.09 Å². The summed E-state index contributed by atoms with van der Waals surface area (Å²) in [4.78, 5) is 18.1. The molecule has 1 N–H and O–H groups in total. The maximum Gasteiger partial charge on any atom is 0.410 e. The molecule has 2 rings (SSSR count). The first-order chi connectivity index (χ1) is 11.8. The normalized spacial score (nSPS) is 17.5. The number of hydrogen-bond donors (Lipinski definition) is 1. The lowest BCUT2D eigenvalue weighted by molar-refractivity contribution is -0.0117. The summed E-state index contributed by atoms with van der Waals surface area (Å²) in [7, 11) is 0. The van der Waals surface area contributed by atoms with Gasteiger partial charge < -0.3 is 19.7 Å². The van der Waals surface area contributed by atoms with Crippen molar-refractivity contribution in [3.63, 3.8) is 0 Å². The summed E-state index contributed by atoms with van der Waals surface area (Å²) >= 11 is 1.68. The lowest BCUT2D eigenvalue weighted by Crippen LogP contribution is -2.43. The van der Waals surface area contributed by atoms with Crippen LogP contribution in [0.5, 0.6) is 0 Å². The zero-order valence-corrected chi connectivity index (χ0v) is 16.6.